The van der Waals surface area contributed by atoms with Crippen LogP contribution in [-0.4, -0.2) is 26.0 Å². The summed E-state index contributed by atoms with van der Waals surface area (Å²) in [5, 5.41) is 12.4. The summed E-state index contributed by atoms with van der Waals surface area (Å²) in [7, 11) is 0. The van der Waals surface area contributed by atoms with E-state index in [1.165, 1.54) is 11.8 Å². The van der Waals surface area contributed by atoms with Crippen LogP contribution < -0.4 is 10.7 Å². The van der Waals surface area contributed by atoms with Crippen LogP contribution in [-0.2, 0) is 11.2 Å². The molecule has 0 saturated heterocycles. The highest BCUT2D eigenvalue weighted by molar-refractivity contribution is 8.00. The number of hydrogen-bond donors (Lipinski definition) is 2. The van der Waals surface area contributed by atoms with E-state index in [2.05, 4.69) is 20.9 Å². The maximum atomic E-state index is 13.2. The number of aryl methyl sites for hydroxylation is 2. The van der Waals surface area contributed by atoms with Crippen LogP contribution in [0.25, 0.3) is 0 Å². The van der Waals surface area contributed by atoms with Gasteiger partial charge in [0.1, 0.15) is 5.25 Å². The fourth-order valence-corrected chi connectivity index (χ4v) is 4.44. The number of carbonyl (C=O) groups is 1. The fraction of sp³-hybridized carbons (Fsp3) is 0.250. The van der Waals surface area contributed by atoms with Crippen LogP contribution in [0.2, 0.25) is 5.02 Å². The second kappa shape index (κ2) is 7.85. The number of halogens is 1. The van der Waals surface area contributed by atoms with Crippen molar-refractivity contribution in [3.8, 4) is 0 Å². The molecule has 2 aromatic carbocycles. The number of amides is 1. The van der Waals surface area contributed by atoms with E-state index in [4.69, 9.17) is 11.6 Å². The summed E-state index contributed by atoms with van der Waals surface area (Å²) >= 11 is 7.52. The highest BCUT2D eigenvalue weighted by Gasteiger charge is 2.37. The van der Waals surface area contributed by atoms with Gasteiger partial charge in [0.25, 0.3) is 0 Å². The number of rotatable bonds is 4. The number of carbonyl (C=O) groups excluding carboxylic acids is 1. The lowest BCUT2D eigenvalue weighted by Crippen LogP contribution is -2.41. The molecule has 0 aliphatic carbocycles. The number of nitrogens with zero attached hydrogens (tertiary/aromatic N) is 3. The summed E-state index contributed by atoms with van der Waals surface area (Å²) in [5.41, 5.74) is 6.14. The zero-order chi connectivity index (χ0) is 19.7. The number of fused-ring (bicyclic) bond motifs is 1. The van der Waals surface area contributed by atoms with Gasteiger partial charge < -0.3 is 10.7 Å². The zero-order valence-electron chi connectivity index (χ0n) is 15.5. The lowest BCUT2D eigenvalue weighted by atomic mass is 10.0. The van der Waals surface area contributed by atoms with Gasteiger partial charge in [0.05, 0.1) is 6.04 Å². The first kappa shape index (κ1) is 18.8. The van der Waals surface area contributed by atoms with Crippen molar-refractivity contribution in [1.82, 2.24) is 14.9 Å². The van der Waals surface area contributed by atoms with Crippen LogP contribution >= 0.6 is 23.4 Å². The van der Waals surface area contributed by atoms with Gasteiger partial charge in [-0.3, -0.25) is 4.79 Å². The van der Waals surface area contributed by atoms with Crippen molar-refractivity contribution in [2.75, 3.05) is 10.7 Å². The van der Waals surface area contributed by atoms with Crippen LogP contribution in [0.5, 0.6) is 0 Å². The summed E-state index contributed by atoms with van der Waals surface area (Å²) in [6.07, 6.45) is 0.751. The van der Waals surface area contributed by atoms with Crippen LogP contribution in [0.1, 0.15) is 29.9 Å². The fourth-order valence-electron chi connectivity index (χ4n) is 3.17. The minimum atomic E-state index is -0.415. The number of nitrogens with one attached hydrogen (secondary N) is 2. The third-order valence-corrected chi connectivity index (χ3v) is 6.14. The summed E-state index contributed by atoms with van der Waals surface area (Å²) in [6.45, 7) is 3.97. The van der Waals surface area contributed by atoms with Gasteiger partial charge in [0, 0.05) is 17.1 Å². The van der Waals surface area contributed by atoms with Gasteiger partial charge in [0.2, 0.25) is 11.1 Å². The van der Waals surface area contributed by atoms with E-state index in [9.17, 15) is 4.79 Å². The number of benzene rings is 2. The molecule has 0 spiro atoms. The van der Waals surface area contributed by atoms with Gasteiger partial charge in [-0.1, -0.05) is 66.7 Å². The van der Waals surface area contributed by atoms with Crippen molar-refractivity contribution in [1.29, 1.82) is 0 Å². The van der Waals surface area contributed by atoms with Crippen molar-refractivity contribution >= 4 is 35.0 Å². The van der Waals surface area contributed by atoms with Crippen molar-refractivity contribution in [2.24, 2.45) is 0 Å². The maximum Gasteiger partial charge on any atom is 0.240 e. The molecule has 4 rings (SSSR count). The van der Waals surface area contributed by atoms with Gasteiger partial charge in [-0.15, -0.1) is 10.2 Å². The molecule has 1 aliphatic rings. The number of aromatic nitrogens is 3. The van der Waals surface area contributed by atoms with Crippen molar-refractivity contribution in [3.63, 3.8) is 0 Å². The standard InChI is InChI=1S/C20H20ClN5OS/c1-3-16-23-24-20-26(16)25-17(13-7-5-4-6-8-13)18(28-20)19(27)22-15-11-14(21)10-9-12(15)2/h4-11,17-18,25H,3H2,1-2H3,(H,22,27)/t17-,18+/m1/s1. The number of thioether (sulfide) groups is 1. The van der Waals surface area contributed by atoms with Crippen molar-refractivity contribution in [3.05, 3.63) is 70.5 Å². The second-order valence-electron chi connectivity index (χ2n) is 6.59. The molecule has 2 N–H and O–H groups in total. The lowest BCUT2D eigenvalue weighted by molar-refractivity contribution is -0.116. The number of hydrogen-bond acceptors (Lipinski definition) is 5. The van der Waals surface area contributed by atoms with E-state index >= 15 is 0 Å². The Labute approximate surface area is 172 Å². The predicted octanol–water partition coefficient (Wildman–Crippen LogP) is 4.20. The third-order valence-electron chi connectivity index (χ3n) is 4.69. The molecular formula is C20H20ClN5OS. The molecule has 28 heavy (non-hydrogen) atoms. The summed E-state index contributed by atoms with van der Waals surface area (Å²) < 4.78 is 1.89. The number of anilines is 1. The zero-order valence-corrected chi connectivity index (χ0v) is 17.1. The van der Waals surface area contributed by atoms with Crippen molar-refractivity contribution in [2.45, 2.75) is 36.7 Å². The van der Waals surface area contributed by atoms with Crippen molar-refractivity contribution < 1.29 is 4.79 Å². The molecule has 0 unspecified atom stereocenters. The molecule has 1 aromatic heterocycles. The van der Waals surface area contributed by atoms with E-state index in [0.717, 1.165) is 23.4 Å². The first-order valence-corrected chi connectivity index (χ1v) is 10.3. The second-order valence-corrected chi connectivity index (χ2v) is 8.14. The molecule has 6 nitrogen and oxygen atoms in total. The minimum absolute atomic E-state index is 0.107. The molecule has 0 bridgehead atoms. The highest BCUT2D eigenvalue weighted by Crippen LogP contribution is 2.37. The van der Waals surface area contributed by atoms with Crippen LogP contribution in [0, 0.1) is 6.92 Å². The van der Waals surface area contributed by atoms with Gasteiger partial charge in [-0.25, -0.2) is 4.68 Å². The normalized spacial score (nSPS) is 18.2. The SMILES string of the molecule is CCc1nnc2n1N[C@H](c1ccccc1)[C@@H](C(=O)Nc1cc(Cl)ccc1C)S2. The summed E-state index contributed by atoms with van der Waals surface area (Å²) in [5.74, 6) is 0.733. The molecule has 2 atom stereocenters. The van der Waals surface area contributed by atoms with Crippen LogP contribution in [0.15, 0.2) is 53.7 Å². The highest BCUT2D eigenvalue weighted by atomic mass is 35.5. The first-order valence-electron chi connectivity index (χ1n) is 9.06. The maximum absolute atomic E-state index is 13.2. The van der Waals surface area contributed by atoms with E-state index in [1.807, 2.05) is 61.0 Å². The van der Waals surface area contributed by atoms with Crippen LogP contribution in [0.4, 0.5) is 5.69 Å². The van der Waals surface area contributed by atoms with Gasteiger partial charge in [-0.2, -0.15) is 0 Å². The topological polar surface area (TPSA) is 71.8 Å². The third kappa shape index (κ3) is 3.59. The Morgan fingerprint density at radius 1 is 1.25 bits per heavy atom. The molecule has 8 heteroatoms. The smallest absolute Gasteiger partial charge is 0.240 e. The predicted molar refractivity (Wildman–Crippen MR) is 112 cm³/mol. The molecule has 144 valence electrons. The Kier molecular flexibility index (Phi) is 5.28. The van der Waals surface area contributed by atoms with Gasteiger partial charge in [0.15, 0.2) is 5.82 Å². The Hall–Kier alpha value is -2.51. The molecule has 0 fully saturated rings. The summed E-state index contributed by atoms with van der Waals surface area (Å²) in [4.78, 5) is 13.2. The first-order chi connectivity index (χ1) is 13.6. The molecule has 1 amide bonds. The van der Waals surface area contributed by atoms with E-state index in [0.29, 0.717) is 15.9 Å². The molecule has 3 aromatic rings. The molecular weight excluding hydrogens is 394 g/mol. The Morgan fingerprint density at radius 2 is 2.04 bits per heavy atom. The van der Waals surface area contributed by atoms with E-state index < -0.39 is 5.25 Å². The van der Waals surface area contributed by atoms with Gasteiger partial charge in [-0.05, 0) is 30.2 Å². The average molecular weight is 414 g/mol. The minimum Gasteiger partial charge on any atom is -0.325 e. The lowest BCUT2D eigenvalue weighted by Gasteiger charge is -2.33. The van der Waals surface area contributed by atoms with Crippen LogP contribution in [0.3, 0.4) is 0 Å². The molecule has 0 saturated carbocycles. The molecule has 2 heterocycles. The summed E-state index contributed by atoms with van der Waals surface area (Å²) in [6, 6.07) is 15.2. The van der Waals surface area contributed by atoms with Gasteiger partial charge >= 0.3 is 0 Å². The molecule has 1 aliphatic heterocycles. The van der Waals surface area contributed by atoms with E-state index in [1.54, 1.807) is 6.07 Å². The Balaban J connectivity index is 1.68. The quantitative estimate of drug-likeness (QED) is 0.670. The molecule has 0 radical (unpaired) electrons. The average Bonchev–Trinajstić information content (AvgIpc) is 3.12. The Bertz CT molecular complexity index is 1010. The Morgan fingerprint density at radius 3 is 2.79 bits per heavy atom. The van der Waals surface area contributed by atoms with E-state index in [-0.39, 0.29) is 11.9 Å². The monoisotopic (exact) mass is 413 g/mol. The largest absolute Gasteiger partial charge is 0.325 e.